The Kier molecular flexibility index (Phi) is 9.81. The fourth-order valence-corrected chi connectivity index (χ4v) is 12.7. The number of rotatable bonds is 6. The number of carbonyl (C=O) groups excluding carboxylic acids is 2. The normalized spacial score (nSPS) is 14.8. The van der Waals surface area contributed by atoms with Crippen molar-refractivity contribution in [1.29, 1.82) is 0 Å². The van der Waals surface area contributed by atoms with Crippen LogP contribution in [0.3, 0.4) is 0 Å². The molecule has 2 unspecified atom stereocenters. The molecule has 0 saturated carbocycles. The fourth-order valence-electron chi connectivity index (χ4n) is 10.6. The van der Waals surface area contributed by atoms with Gasteiger partial charge in [0, 0.05) is 43.8 Å². The Hall–Kier alpha value is -9.24. The van der Waals surface area contributed by atoms with E-state index in [2.05, 4.69) is 22.1 Å². The second kappa shape index (κ2) is 16.7. The summed E-state index contributed by atoms with van der Waals surface area (Å²) in [6.07, 6.45) is 6.87. The molecule has 8 aromatic carbocycles. The summed E-state index contributed by atoms with van der Waals surface area (Å²) in [5.41, 5.74) is 0.741. The van der Waals surface area contributed by atoms with Crippen LogP contribution >= 0.6 is 22.7 Å². The highest BCUT2D eigenvalue weighted by Crippen LogP contribution is 2.34. The second-order valence-corrected chi connectivity index (χ2v) is 20.6. The molecular weight excluding hydrogens is 969 g/mol. The number of fused-ring (bicyclic) bond motifs is 11. The van der Waals surface area contributed by atoms with Crippen molar-refractivity contribution in [2.75, 3.05) is 0 Å². The van der Waals surface area contributed by atoms with Crippen LogP contribution in [-0.4, -0.2) is 21.3 Å². The van der Waals surface area contributed by atoms with Crippen LogP contribution in [0.15, 0.2) is 175 Å². The van der Waals surface area contributed by atoms with Crippen molar-refractivity contribution in [3.8, 4) is 0 Å². The maximum absolute atomic E-state index is 14.4. The van der Waals surface area contributed by atoms with Gasteiger partial charge in [0.1, 0.15) is 23.2 Å². The van der Waals surface area contributed by atoms with Crippen molar-refractivity contribution < 1.29 is 19.1 Å². The van der Waals surface area contributed by atoms with E-state index in [9.17, 15) is 28.8 Å². The van der Waals surface area contributed by atoms with Crippen molar-refractivity contribution >= 4 is 133 Å². The number of hydrogen-bond acceptors (Lipinski definition) is 12. The Balaban J connectivity index is 0.935. The van der Waals surface area contributed by atoms with Crippen LogP contribution in [0.1, 0.15) is 11.1 Å². The maximum atomic E-state index is 14.4. The van der Waals surface area contributed by atoms with E-state index in [1.165, 1.54) is 31.8 Å². The van der Waals surface area contributed by atoms with Gasteiger partial charge in [-0.3, -0.25) is 19.2 Å². The molecule has 0 saturated heterocycles. The zero-order chi connectivity index (χ0) is 49.9. The van der Waals surface area contributed by atoms with E-state index in [4.69, 9.17) is 9.47 Å². The number of ether oxygens (including phenoxy) is 2. The molecule has 4 aromatic heterocycles. The minimum atomic E-state index is -0.629. The quantitative estimate of drug-likeness (QED) is 0.167. The molecule has 0 bridgehead atoms. The first-order chi connectivity index (χ1) is 36.1. The molecular formula is C60H34N4O8S2. The third kappa shape index (κ3) is 6.86. The number of hydrogen-bond donors (Lipinski definition) is 0. The first kappa shape index (κ1) is 43.5. The van der Waals surface area contributed by atoms with Gasteiger partial charge in [0.2, 0.25) is 21.7 Å². The van der Waals surface area contributed by atoms with E-state index in [0.29, 0.717) is 62.7 Å². The van der Waals surface area contributed by atoms with Gasteiger partial charge >= 0.3 is 12.2 Å². The third-order valence-electron chi connectivity index (χ3n) is 14.1. The Bertz CT molecular complexity index is 4610. The molecule has 0 fully saturated rings. The lowest BCUT2D eigenvalue weighted by atomic mass is 9.84. The van der Waals surface area contributed by atoms with Crippen LogP contribution in [0.4, 0.5) is 19.6 Å². The lowest BCUT2D eigenvalue weighted by Gasteiger charge is -2.21. The van der Waals surface area contributed by atoms with Crippen molar-refractivity contribution in [2.45, 2.75) is 13.2 Å². The maximum Gasteiger partial charge on any atom is 0.419 e. The molecule has 12 nitrogen and oxygen atoms in total. The summed E-state index contributed by atoms with van der Waals surface area (Å²) in [7, 11) is 0. The van der Waals surface area contributed by atoms with E-state index in [1.807, 2.05) is 121 Å². The molecule has 2 aliphatic carbocycles. The van der Waals surface area contributed by atoms with Gasteiger partial charge in [-0.25, -0.2) is 28.7 Å². The van der Waals surface area contributed by atoms with Crippen molar-refractivity contribution in [1.82, 2.24) is 9.13 Å². The van der Waals surface area contributed by atoms with E-state index < -0.39 is 33.9 Å². The highest BCUT2D eigenvalue weighted by Gasteiger charge is 2.29. The zero-order valence-corrected chi connectivity index (χ0v) is 40.2. The van der Waals surface area contributed by atoms with Crippen LogP contribution in [0.25, 0.3) is 87.8 Å². The summed E-state index contributed by atoms with van der Waals surface area (Å²) in [6, 6.07) is 44.1. The van der Waals surface area contributed by atoms with Crippen molar-refractivity contribution in [3.05, 3.63) is 229 Å². The highest BCUT2D eigenvalue weighted by atomic mass is 32.1. The Morgan fingerprint density at radius 2 is 0.784 bits per heavy atom. The van der Waals surface area contributed by atoms with Crippen LogP contribution < -0.4 is 53.6 Å². The molecule has 0 spiro atoms. The molecule has 2 aliphatic rings. The van der Waals surface area contributed by atoms with Crippen LogP contribution in [0.2, 0.25) is 0 Å². The summed E-state index contributed by atoms with van der Waals surface area (Å²) < 4.78 is 16.4. The van der Waals surface area contributed by atoms with Gasteiger partial charge in [-0.15, -0.1) is 22.7 Å². The molecule has 0 amide bonds. The van der Waals surface area contributed by atoms with E-state index in [0.717, 1.165) is 43.1 Å². The summed E-state index contributed by atoms with van der Waals surface area (Å²) in [4.78, 5) is 93.5. The van der Waals surface area contributed by atoms with Gasteiger partial charge in [-0.05, 0) is 69.1 Å². The second-order valence-electron chi connectivity index (χ2n) is 18.5. The lowest BCUT2D eigenvalue weighted by molar-refractivity contribution is 0.141. The van der Waals surface area contributed by atoms with Gasteiger partial charge in [-0.2, -0.15) is 0 Å². The van der Waals surface area contributed by atoms with Crippen molar-refractivity contribution in [2.24, 2.45) is 21.8 Å². The van der Waals surface area contributed by atoms with E-state index >= 15 is 0 Å². The Labute approximate surface area is 423 Å². The standard InChI is InChI=1S/C60H34N4O8S2/c65-53-39-19-33-15-7-8-16-34(33)20-40(39)54(66)51(53)61-49-27-47-57(73-49)43-23-38-26-46-44(24-37(38)25-45(43)63(47)59(69)71-29-31-11-3-1-4-12-31)58-48(64(46)60(70)72-30-32-13-5-2-6-14-32)28-50(74-58)62-52-55(67)41-21-35-17-9-10-18-36(35)22-42(41)56(52)68/h1-28,37-38H,29-30H2. The number of nitrogens with zero attached hydrogens (tertiary/aromatic N) is 4. The minimum absolute atomic E-state index is 0.0128. The third-order valence-corrected chi connectivity index (χ3v) is 16.2. The number of benzene rings is 6. The van der Waals surface area contributed by atoms with Gasteiger partial charge in [0.15, 0.2) is 10.7 Å². The summed E-state index contributed by atoms with van der Waals surface area (Å²) >= 11 is 2.51. The minimum Gasteiger partial charge on any atom is -0.444 e. The monoisotopic (exact) mass is 1000 g/mol. The Morgan fingerprint density at radius 1 is 0.446 bits per heavy atom. The van der Waals surface area contributed by atoms with E-state index in [-0.39, 0.29) is 35.8 Å². The number of thiophene rings is 2. The van der Waals surface area contributed by atoms with Crippen LogP contribution in [0, 0.1) is 11.8 Å². The molecule has 12 aromatic rings. The molecule has 0 aliphatic heterocycles. The van der Waals surface area contributed by atoms with E-state index in [1.54, 1.807) is 36.4 Å². The average molecular weight is 1000 g/mol. The molecule has 2 atom stereocenters. The van der Waals surface area contributed by atoms with Gasteiger partial charge in [0.25, 0.3) is 0 Å². The summed E-state index contributed by atoms with van der Waals surface area (Å²) in [5, 5.41) is 7.52. The number of carbonyl (C=O) groups is 2. The SMILES string of the molecule is O=C(OCc1ccccc1)n1c2c(c3sc(N=c4c(=O)c5cc6ccccc6cc5c4=O)cc31)=CC1C=c3c(c4sc(N=c5c(=O)c6cc7ccccc7cc6c5=O)cc4n3C(=O)OCc3ccccc3)=CC1C=2. The zero-order valence-electron chi connectivity index (χ0n) is 38.6. The Morgan fingerprint density at radius 3 is 1.14 bits per heavy atom. The number of aromatic nitrogens is 2. The predicted octanol–water partition coefficient (Wildman–Crippen LogP) is 7.44. The molecule has 14 rings (SSSR count). The largest absolute Gasteiger partial charge is 0.444 e. The summed E-state index contributed by atoms with van der Waals surface area (Å²) in [5.74, 6) is -0.639. The average Bonchev–Trinajstić information content (AvgIpc) is 4.29. The van der Waals surface area contributed by atoms with Crippen LogP contribution in [0.5, 0.6) is 0 Å². The smallest absolute Gasteiger partial charge is 0.419 e. The molecule has 14 heteroatoms. The van der Waals surface area contributed by atoms with Gasteiger partial charge < -0.3 is 9.47 Å². The van der Waals surface area contributed by atoms with Gasteiger partial charge in [0.05, 0.1) is 31.1 Å². The first-order valence-corrected chi connectivity index (χ1v) is 25.4. The topological polar surface area (TPSA) is 155 Å². The molecule has 74 heavy (non-hydrogen) atoms. The molecule has 0 radical (unpaired) electrons. The fraction of sp³-hybridized carbons (Fsp3) is 0.0667. The molecule has 0 N–H and O–H groups in total. The predicted molar refractivity (Wildman–Crippen MR) is 290 cm³/mol. The van der Waals surface area contributed by atoms with Gasteiger partial charge in [-0.1, -0.05) is 133 Å². The highest BCUT2D eigenvalue weighted by molar-refractivity contribution is 7.22. The van der Waals surface area contributed by atoms with Crippen LogP contribution in [-0.2, 0) is 22.7 Å². The lowest BCUT2D eigenvalue weighted by Crippen LogP contribution is -2.42. The first-order valence-electron chi connectivity index (χ1n) is 23.7. The molecule has 4 heterocycles. The van der Waals surface area contributed by atoms with Crippen molar-refractivity contribution in [3.63, 3.8) is 0 Å². The molecule has 354 valence electrons. The summed E-state index contributed by atoms with van der Waals surface area (Å²) in [6.45, 7) is 0.0256.